The summed E-state index contributed by atoms with van der Waals surface area (Å²) in [4.78, 5) is 16.9. The van der Waals surface area contributed by atoms with Crippen molar-refractivity contribution < 1.29 is 4.79 Å². The van der Waals surface area contributed by atoms with Gasteiger partial charge in [-0.2, -0.15) is 5.26 Å². The molecule has 0 radical (unpaired) electrons. The van der Waals surface area contributed by atoms with Gasteiger partial charge in [-0.25, -0.2) is 0 Å². The highest BCUT2D eigenvalue weighted by Crippen LogP contribution is 2.20. The molecule has 2 aromatic rings. The number of nitrogens with one attached hydrogen (secondary N) is 1. The number of carbonyl (C=O) groups excluding carboxylic acids is 1. The Morgan fingerprint density at radius 1 is 1.15 bits per heavy atom. The first-order valence-corrected chi connectivity index (χ1v) is 9.88. The van der Waals surface area contributed by atoms with Crippen molar-refractivity contribution in [2.75, 3.05) is 42.9 Å². The number of carbonyl (C=O) groups is 1. The van der Waals surface area contributed by atoms with Gasteiger partial charge in [0.2, 0.25) is 5.91 Å². The Morgan fingerprint density at radius 2 is 1.93 bits per heavy atom. The molecule has 0 saturated carbocycles. The van der Waals surface area contributed by atoms with Gasteiger partial charge in [0.15, 0.2) is 0 Å². The molecule has 6 heteroatoms. The molecule has 0 aromatic heterocycles. The Bertz CT molecular complexity index is 844. The standard InChI is InChI=1S/C21H23BrN4O/c1-16-13-18(5-8-20(16)22)24-21(27)15-25-9-2-10-26(12-11-25)19-6-3-17(14-23)4-7-19/h3-8,13H,2,9-12,15H2,1H3,(H,24,27). The van der Waals surface area contributed by atoms with Gasteiger partial charge in [-0.3, -0.25) is 9.69 Å². The molecule has 0 bridgehead atoms. The first-order chi connectivity index (χ1) is 13.0. The van der Waals surface area contributed by atoms with E-state index < -0.39 is 0 Å². The van der Waals surface area contributed by atoms with Crippen molar-refractivity contribution >= 4 is 33.2 Å². The molecule has 1 aliphatic rings. The van der Waals surface area contributed by atoms with Crippen molar-refractivity contribution in [2.24, 2.45) is 0 Å². The van der Waals surface area contributed by atoms with Crippen molar-refractivity contribution in [1.29, 1.82) is 5.26 Å². The van der Waals surface area contributed by atoms with E-state index >= 15 is 0 Å². The monoisotopic (exact) mass is 426 g/mol. The number of hydrogen-bond donors (Lipinski definition) is 1. The van der Waals surface area contributed by atoms with Crippen molar-refractivity contribution in [3.8, 4) is 6.07 Å². The van der Waals surface area contributed by atoms with E-state index in [9.17, 15) is 4.79 Å². The molecule has 2 aromatic carbocycles. The molecule has 1 saturated heterocycles. The Morgan fingerprint density at radius 3 is 2.63 bits per heavy atom. The van der Waals surface area contributed by atoms with Crippen LogP contribution in [0.5, 0.6) is 0 Å². The zero-order chi connectivity index (χ0) is 19.2. The van der Waals surface area contributed by atoms with Crippen LogP contribution in [0.4, 0.5) is 11.4 Å². The van der Waals surface area contributed by atoms with Gasteiger partial charge in [-0.15, -0.1) is 0 Å². The van der Waals surface area contributed by atoms with Gasteiger partial charge < -0.3 is 10.2 Å². The number of hydrogen-bond acceptors (Lipinski definition) is 4. The van der Waals surface area contributed by atoms with Crippen LogP contribution in [0.3, 0.4) is 0 Å². The number of anilines is 2. The van der Waals surface area contributed by atoms with E-state index in [0.717, 1.165) is 54.0 Å². The number of nitriles is 1. The third kappa shape index (κ3) is 5.31. The van der Waals surface area contributed by atoms with Gasteiger partial charge >= 0.3 is 0 Å². The summed E-state index contributed by atoms with van der Waals surface area (Å²) < 4.78 is 1.04. The van der Waals surface area contributed by atoms with Crippen molar-refractivity contribution in [3.05, 3.63) is 58.1 Å². The zero-order valence-electron chi connectivity index (χ0n) is 15.4. The number of nitrogens with zero attached hydrogens (tertiary/aromatic N) is 3. The van der Waals surface area contributed by atoms with Gasteiger partial charge in [0.25, 0.3) is 0 Å². The third-order valence-electron chi connectivity index (χ3n) is 4.76. The van der Waals surface area contributed by atoms with Gasteiger partial charge in [0.1, 0.15) is 0 Å². The molecule has 1 amide bonds. The molecule has 140 valence electrons. The number of aryl methyl sites for hydroxylation is 1. The predicted molar refractivity (Wildman–Crippen MR) is 112 cm³/mol. The maximum Gasteiger partial charge on any atom is 0.238 e. The lowest BCUT2D eigenvalue weighted by Gasteiger charge is -2.23. The van der Waals surface area contributed by atoms with E-state index in [1.807, 2.05) is 49.4 Å². The van der Waals surface area contributed by atoms with Crippen LogP contribution in [0.2, 0.25) is 0 Å². The number of amides is 1. The Kier molecular flexibility index (Phi) is 6.49. The normalized spacial score (nSPS) is 15.1. The van der Waals surface area contributed by atoms with Crippen LogP contribution in [0.1, 0.15) is 17.5 Å². The van der Waals surface area contributed by atoms with Gasteiger partial charge in [-0.1, -0.05) is 15.9 Å². The first kappa shape index (κ1) is 19.4. The summed E-state index contributed by atoms with van der Waals surface area (Å²) in [6.07, 6.45) is 1.00. The fourth-order valence-electron chi connectivity index (χ4n) is 3.26. The van der Waals surface area contributed by atoms with E-state index in [1.165, 1.54) is 0 Å². The van der Waals surface area contributed by atoms with Crippen LogP contribution in [0.25, 0.3) is 0 Å². The largest absolute Gasteiger partial charge is 0.370 e. The molecule has 1 heterocycles. The summed E-state index contributed by atoms with van der Waals surface area (Å²) in [5, 5.41) is 11.9. The topological polar surface area (TPSA) is 59.4 Å². The van der Waals surface area contributed by atoms with Crippen LogP contribution < -0.4 is 10.2 Å². The molecule has 27 heavy (non-hydrogen) atoms. The summed E-state index contributed by atoms with van der Waals surface area (Å²) in [5.74, 6) is 0.0172. The molecule has 0 atom stereocenters. The molecule has 1 fully saturated rings. The summed E-state index contributed by atoms with van der Waals surface area (Å²) in [6.45, 7) is 5.97. The third-order valence-corrected chi connectivity index (χ3v) is 5.65. The van der Waals surface area contributed by atoms with Crippen LogP contribution in [-0.2, 0) is 4.79 Å². The second-order valence-corrected chi connectivity index (χ2v) is 7.64. The molecule has 1 N–H and O–H groups in total. The van der Waals surface area contributed by atoms with Crippen LogP contribution in [-0.4, -0.2) is 43.5 Å². The smallest absolute Gasteiger partial charge is 0.238 e. The minimum Gasteiger partial charge on any atom is -0.370 e. The van der Waals surface area contributed by atoms with Crippen molar-refractivity contribution in [1.82, 2.24) is 4.90 Å². The average molecular weight is 427 g/mol. The van der Waals surface area contributed by atoms with E-state index in [0.29, 0.717) is 12.1 Å². The molecule has 3 rings (SSSR count). The van der Waals surface area contributed by atoms with Crippen LogP contribution in [0, 0.1) is 18.3 Å². The molecular weight excluding hydrogens is 404 g/mol. The molecule has 0 aliphatic carbocycles. The zero-order valence-corrected chi connectivity index (χ0v) is 17.0. The SMILES string of the molecule is Cc1cc(NC(=O)CN2CCCN(c3ccc(C#N)cc3)CC2)ccc1Br. The Hall–Kier alpha value is -2.36. The molecule has 0 spiro atoms. The second kappa shape index (κ2) is 9.03. The molecular formula is C21H23BrN4O. The molecule has 5 nitrogen and oxygen atoms in total. The Labute approximate surface area is 168 Å². The lowest BCUT2D eigenvalue weighted by molar-refractivity contribution is -0.117. The van der Waals surface area contributed by atoms with Gasteiger partial charge in [-0.05, 0) is 61.4 Å². The van der Waals surface area contributed by atoms with Gasteiger partial charge in [0.05, 0.1) is 18.2 Å². The highest BCUT2D eigenvalue weighted by atomic mass is 79.9. The lowest BCUT2D eigenvalue weighted by Crippen LogP contribution is -2.36. The van der Waals surface area contributed by atoms with E-state index in [1.54, 1.807) is 0 Å². The summed E-state index contributed by atoms with van der Waals surface area (Å²) >= 11 is 3.48. The fourth-order valence-corrected chi connectivity index (χ4v) is 3.51. The molecule has 1 aliphatic heterocycles. The molecule has 0 unspecified atom stereocenters. The summed E-state index contributed by atoms with van der Waals surface area (Å²) in [7, 11) is 0. The summed E-state index contributed by atoms with van der Waals surface area (Å²) in [5.41, 5.74) is 3.73. The lowest BCUT2D eigenvalue weighted by atomic mass is 10.2. The highest BCUT2D eigenvalue weighted by Gasteiger charge is 2.17. The maximum atomic E-state index is 12.4. The predicted octanol–water partition coefficient (Wildman–Crippen LogP) is 3.78. The number of rotatable bonds is 4. The number of benzene rings is 2. The van der Waals surface area contributed by atoms with Crippen LogP contribution in [0.15, 0.2) is 46.9 Å². The maximum absolute atomic E-state index is 12.4. The van der Waals surface area contributed by atoms with E-state index in [2.05, 4.69) is 37.1 Å². The van der Waals surface area contributed by atoms with Gasteiger partial charge in [0, 0.05) is 42.0 Å². The van der Waals surface area contributed by atoms with Crippen LogP contribution >= 0.6 is 15.9 Å². The quantitative estimate of drug-likeness (QED) is 0.807. The van der Waals surface area contributed by atoms with E-state index in [4.69, 9.17) is 5.26 Å². The van der Waals surface area contributed by atoms with Crippen molar-refractivity contribution in [2.45, 2.75) is 13.3 Å². The number of halogens is 1. The minimum atomic E-state index is 0.0172. The second-order valence-electron chi connectivity index (χ2n) is 6.79. The summed E-state index contributed by atoms with van der Waals surface area (Å²) in [6, 6.07) is 15.7. The highest BCUT2D eigenvalue weighted by molar-refractivity contribution is 9.10. The Balaban J connectivity index is 1.53. The fraction of sp³-hybridized carbons (Fsp3) is 0.333. The first-order valence-electron chi connectivity index (χ1n) is 9.08. The van der Waals surface area contributed by atoms with E-state index in [-0.39, 0.29) is 5.91 Å². The average Bonchev–Trinajstić information content (AvgIpc) is 2.90. The van der Waals surface area contributed by atoms with Crippen molar-refractivity contribution in [3.63, 3.8) is 0 Å². The minimum absolute atomic E-state index is 0.0172.